The van der Waals surface area contributed by atoms with Crippen LogP contribution in [0.4, 0.5) is 4.79 Å². The van der Waals surface area contributed by atoms with Gasteiger partial charge in [-0.15, -0.1) is 6.58 Å². The summed E-state index contributed by atoms with van der Waals surface area (Å²) in [5, 5.41) is 9.03. The van der Waals surface area contributed by atoms with Crippen molar-refractivity contribution in [3.05, 3.63) is 47.5 Å². The van der Waals surface area contributed by atoms with E-state index in [1.54, 1.807) is 29.2 Å². The first-order valence-corrected chi connectivity index (χ1v) is 7.11. The molecule has 0 atom stereocenters. The normalized spacial score (nSPS) is 16.5. The van der Waals surface area contributed by atoms with Crippen LogP contribution in [0.1, 0.15) is 34.3 Å². The zero-order chi connectivity index (χ0) is 15.0. The van der Waals surface area contributed by atoms with Crippen molar-refractivity contribution in [2.45, 2.75) is 32.0 Å². The Hall–Kier alpha value is -2.30. The van der Waals surface area contributed by atoms with Crippen LogP contribution in [0.5, 0.6) is 0 Å². The molecule has 110 valence electrons. The number of rotatable bonds is 4. The van der Waals surface area contributed by atoms with Gasteiger partial charge in [0, 0.05) is 25.7 Å². The summed E-state index contributed by atoms with van der Waals surface area (Å²) in [6, 6.07) is 5.43. The van der Waals surface area contributed by atoms with Gasteiger partial charge in [0.05, 0.1) is 5.56 Å². The lowest BCUT2D eigenvalue weighted by atomic mass is 10.1. The van der Waals surface area contributed by atoms with Gasteiger partial charge in [0.1, 0.15) is 0 Å². The molecule has 1 aromatic rings. The summed E-state index contributed by atoms with van der Waals surface area (Å²) < 4.78 is 0. The summed E-state index contributed by atoms with van der Waals surface area (Å²) in [7, 11) is 0. The highest BCUT2D eigenvalue weighted by Gasteiger charge is 2.35. The van der Waals surface area contributed by atoms with Crippen LogP contribution in [0.25, 0.3) is 0 Å². The van der Waals surface area contributed by atoms with Gasteiger partial charge >= 0.3 is 12.0 Å². The largest absolute Gasteiger partial charge is 0.478 e. The van der Waals surface area contributed by atoms with Crippen LogP contribution in [-0.4, -0.2) is 39.5 Å². The third-order valence-corrected chi connectivity index (χ3v) is 4.01. The Bertz CT molecular complexity index is 608. The average Bonchev–Trinajstić information content (AvgIpc) is 3.21. The number of amides is 2. The van der Waals surface area contributed by atoms with Crippen molar-refractivity contribution in [3.8, 4) is 0 Å². The molecule has 1 saturated carbocycles. The third-order valence-electron chi connectivity index (χ3n) is 4.01. The molecule has 0 unspecified atom stereocenters. The van der Waals surface area contributed by atoms with Crippen LogP contribution in [-0.2, 0) is 13.1 Å². The zero-order valence-electron chi connectivity index (χ0n) is 11.8. The number of benzene rings is 1. The number of fused-ring (bicyclic) bond motifs is 1. The van der Waals surface area contributed by atoms with E-state index < -0.39 is 5.97 Å². The summed E-state index contributed by atoms with van der Waals surface area (Å²) >= 11 is 0. The summed E-state index contributed by atoms with van der Waals surface area (Å²) in [6.07, 6.45) is 3.87. The molecular formula is C16H18N2O3. The Morgan fingerprint density at radius 3 is 2.67 bits per heavy atom. The SMILES string of the molecule is C=CCN(C(=O)N1Cc2ccc(C(=O)O)cc2C1)C1CC1. The number of carboxylic acid groups (broad SMARTS) is 1. The van der Waals surface area contributed by atoms with Gasteiger partial charge in [0.2, 0.25) is 0 Å². The molecule has 3 rings (SSSR count). The van der Waals surface area contributed by atoms with Crippen molar-refractivity contribution in [1.29, 1.82) is 0 Å². The maximum Gasteiger partial charge on any atom is 0.335 e. The highest BCUT2D eigenvalue weighted by atomic mass is 16.4. The Balaban J connectivity index is 1.75. The van der Waals surface area contributed by atoms with Crippen LogP contribution < -0.4 is 0 Å². The summed E-state index contributed by atoms with van der Waals surface area (Å²) in [5.74, 6) is -0.936. The number of aromatic carboxylic acids is 1. The molecule has 0 bridgehead atoms. The third kappa shape index (κ3) is 2.63. The lowest BCUT2D eigenvalue weighted by Crippen LogP contribution is -2.42. The van der Waals surface area contributed by atoms with E-state index >= 15 is 0 Å². The number of carbonyl (C=O) groups excluding carboxylic acids is 1. The standard InChI is InChI=1S/C16H18N2O3/c1-2-7-18(14-5-6-14)16(21)17-9-12-4-3-11(15(19)20)8-13(12)10-17/h2-4,8,14H,1,5-7,9-10H2,(H,19,20). The van der Waals surface area contributed by atoms with E-state index in [4.69, 9.17) is 5.11 Å². The van der Waals surface area contributed by atoms with Gasteiger partial charge in [-0.3, -0.25) is 0 Å². The minimum absolute atomic E-state index is 0.0190. The van der Waals surface area contributed by atoms with Crippen LogP contribution in [0.3, 0.4) is 0 Å². The van der Waals surface area contributed by atoms with Gasteiger partial charge in [-0.1, -0.05) is 12.1 Å². The Labute approximate surface area is 123 Å². The number of carboxylic acids is 1. The predicted molar refractivity (Wildman–Crippen MR) is 78.0 cm³/mol. The quantitative estimate of drug-likeness (QED) is 0.865. The van der Waals surface area contributed by atoms with Crippen molar-refractivity contribution in [1.82, 2.24) is 9.80 Å². The first-order chi connectivity index (χ1) is 10.1. The monoisotopic (exact) mass is 286 g/mol. The van der Waals surface area contributed by atoms with Crippen LogP contribution in [0.2, 0.25) is 0 Å². The molecule has 1 heterocycles. The predicted octanol–water partition coefficient (Wildman–Crippen LogP) is 2.47. The summed E-state index contributed by atoms with van der Waals surface area (Å²) in [4.78, 5) is 27.2. The molecule has 1 aliphatic heterocycles. The van der Waals surface area contributed by atoms with Gasteiger partial charge in [0.15, 0.2) is 0 Å². The fraction of sp³-hybridized carbons (Fsp3) is 0.375. The molecule has 5 heteroatoms. The maximum atomic E-state index is 12.6. The molecule has 0 radical (unpaired) electrons. The van der Waals surface area contributed by atoms with Crippen LogP contribution in [0.15, 0.2) is 30.9 Å². The molecule has 0 spiro atoms. The molecule has 1 aromatic carbocycles. The molecule has 0 saturated heterocycles. The smallest absolute Gasteiger partial charge is 0.335 e. The van der Waals surface area contributed by atoms with Crippen molar-refractivity contribution in [2.75, 3.05) is 6.54 Å². The first kappa shape index (κ1) is 13.7. The number of nitrogens with zero attached hydrogens (tertiary/aromatic N) is 2. The minimum atomic E-state index is -0.936. The highest BCUT2D eigenvalue weighted by Crippen LogP contribution is 2.30. The molecule has 2 amide bonds. The van der Waals surface area contributed by atoms with E-state index in [0.717, 1.165) is 24.0 Å². The minimum Gasteiger partial charge on any atom is -0.478 e. The number of carbonyl (C=O) groups is 2. The van der Waals surface area contributed by atoms with Gasteiger partial charge < -0.3 is 14.9 Å². The summed E-state index contributed by atoms with van der Waals surface area (Å²) in [5.41, 5.74) is 2.23. The zero-order valence-corrected chi connectivity index (χ0v) is 11.8. The molecule has 1 N–H and O–H groups in total. The molecule has 2 aliphatic rings. The van der Waals surface area contributed by atoms with E-state index in [1.165, 1.54) is 0 Å². The highest BCUT2D eigenvalue weighted by molar-refractivity contribution is 5.88. The fourth-order valence-electron chi connectivity index (χ4n) is 2.75. The lowest BCUT2D eigenvalue weighted by Gasteiger charge is -2.26. The van der Waals surface area contributed by atoms with E-state index in [2.05, 4.69) is 6.58 Å². The second-order valence-corrected chi connectivity index (χ2v) is 5.60. The summed E-state index contributed by atoms with van der Waals surface area (Å²) in [6.45, 7) is 5.31. The topological polar surface area (TPSA) is 60.9 Å². The molecule has 5 nitrogen and oxygen atoms in total. The molecule has 1 fully saturated rings. The van der Waals surface area contributed by atoms with Crippen LogP contribution >= 0.6 is 0 Å². The van der Waals surface area contributed by atoms with Crippen molar-refractivity contribution < 1.29 is 14.7 Å². The lowest BCUT2D eigenvalue weighted by molar-refractivity contribution is 0.0696. The fourth-order valence-corrected chi connectivity index (χ4v) is 2.75. The van der Waals surface area contributed by atoms with E-state index in [1.807, 2.05) is 4.90 Å². The average molecular weight is 286 g/mol. The number of hydrogen-bond donors (Lipinski definition) is 1. The molecule has 1 aliphatic carbocycles. The molecule has 21 heavy (non-hydrogen) atoms. The van der Waals surface area contributed by atoms with E-state index in [9.17, 15) is 9.59 Å². The van der Waals surface area contributed by atoms with E-state index in [-0.39, 0.29) is 11.6 Å². The van der Waals surface area contributed by atoms with Crippen molar-refractivity contribution in [2.24, 2.45) is 0 Å². The first-order valence-electron chi connectivity index (χ1n) is 7.11. The Morgan fingerprint density at radius 2 is 2.05 bits per heavy atom. The second-order valence-electron chi connectivity index (χ2n) is 5.60. The second kappa shape index (κ2) is 5.24. The number of hydrogen-bond acceptors (Lipinski definition) is 2. The van der Waals surface area contributed by atoms with Gasteiger partial charge in [-0.2, -0.15) is 0 Å². The van der Waals surface area contributed by atoms with E-state index in [0.29, 0.717) is 25.7 Å². The van der Waals surface area contributed by atoms with Gasteiger partial charge in [-0.05, 0) is 36.1 Å². The van der Waals surface area contributed by atoms with Crippen molar-refractivity contribution >= 4 is 12.0 Å². The molecular weight excluding hydrogens is 268 g/mol. The van der Waals surface area contributed by atoms with Crippen molar-refractivity contribution in [3.63, 3.8) is 0 Å². The number of urea groups is 1. The Kier molecular flexibility index (Phi) is 3.41. The van der Waals surface area contributed by atoms with Gasteiger partial charge in [0.25, 0.3) is 0 Å². The molecule has 0 aromatic heterocycles. The maximum absolute atomic E-state index is 12.6. The Morgan fingerprint density at radius 1 is 1.33 bits per heavy atom. The van der Waals surface area contributed by atoms with Gasteiger partial charge in [-0.25, -0.2) is 9.59 Å². The van der Waals surface area contributed by atoms with Crippen LogP contribution in [0, 0.1) is 0 Å².